The zero-order chi connectivity index (χ0) is 12.4. The van der Waals surface area contributed by atoms with Gasteiger partial charge in [0.15, 0.2) is 0 Å². The van der Waals surface area contributed by atoms with E-state index in [9.17, 15) is 0 Å². The molecule has 0 radical (unpaired) electrons. The van der Waals surface area contributed by atoms with Gasteiger partial charge in [-0.25, -0.2) is 0 Å². The molecule has 1 aliphatic carbocycles. The maximum Gasteiger partial charge on any atom is 0.138 e. The highest BCUT2D eigenvalue weighted by atomic mass is 35.5. The van der Waals surface area contributed by atoms with E-state index in [2.05, 4.69) is 38.8 Å². The first-order chi connectivity index (χ1) is 8.83. The molecule has 18 heavy (non-hydrogen) atoms. The molecule has 0 amide bonds. The highest BCUT2D eigenvalue weighted by Crippen LogP contribution is 2.31. The van der Waals surface area contributed by atoms with Crippen LogP contribution in [0.1, 0.15) is 24.1 Å². The summed E-state index contributed by atoms with van der Waals surface area (Å²) in [5.41, 5.74) is 2.24. The van der Waals surface area contributed by atoms with Gasteiger partial charge in [-0.3, -0.25) is 4.90 Å². The van der Waals surface area contributed by atoms with Crippen LogP contribution in [0.2, 0.25) is 4.34 Å². The van der Waals surface area contributed by atoms with E-state index < -0.39 is 0 Å². The van der Waals surface area contributed by atoms with Crippen LogP contribution in [-0.4, -0.2) is 20.5 Å². The number of benzene rings is 1. The number of nitrogens with zero attached hydrogens (tertiary/aromatic N) is 3. The molecule has 94 valence electrons. The number of aromatic nitrogens is 2. The molecule has 1 fully saturated rings. The second kappa shape index (κ2) is 5.34. The first kappa shape index (κ1) is 12.1. The summed E-state index contributed by atoms with van der Waals surface area (Å²) in [6.07, 6.45) is 2.56. The minimum absolute atomic E-state index is 0.683. The summed E-state index contributed by atoms with van der Waals surface area (Å²) in [5, 5.41) is 4.10. The fraction of sp³-hybridized carbons (Fsp3) is 0.385. The van der Waals surface area contributed by atoms with Crippen LogP contribution >= 0.6 is 23.1 Å². The maximum atomic E-state index is 6.08. The van der Waals surface area contributed by atoms with Gasteiger partial charge in [0.25, 0.3) is 0 Å². The van der Waals surface area contributed by atoms with E-state index in [1.807, 2.05) is 6.07 Å². The lowest BCUT2D eigenvalue weighted by Gasteiger charge is -2.20. The molecule has 1 aliphatic rings. The van der Waals surface area contributed by atoms with Crippen molar-refractivity contribution in [2.75, 3.05) is 0 Å². The SMILES string of the molecule is Clc1snnc1CN(Cc1ccccc1)C1CC1. The molecule has 0 bridgehead atoms. The minimum Gasteiger partial charge on any atom is -0.290 e. The standard InChI is InChI=1S/C13H14ClN3S/c14-13-12(15-16-18-13)9-17(11-6-7-11)8-10-4-2-1-3-5-10/h1-5,11H,6-9H2. The molecule has 0 atom stereocenters. The lowest BCUT2D eigenvalue weighted by Crippen LogP contribution is -2.25. The summed E-state index contributed by atoms with van der Waals surface area (Å²) in [6.45, 7) is 1.76. The average Bonchev–Trinajstić information content (AvgIpc) is 3.16. The Labute approximate surface area is 116 Å². The van der Waals surface area contributed by atoms with Gasteiger partial charge in [0.2, 0.25) is 0 Å². The fourth-order valence-electron chi connectivity index (χ4n) is 2.06. The second-order valence-corrected chi connectivity index (χ2v) is 5.97. The quantitative estimate of drug-likeness (QED) is 0.840. The number of hydrogen-bond acceptors (Lipinski definition) is 4. The van der Waals surface area contributed by atoms with Crippen LogP contribution in [0, 0.1) is 0 Å². The summed E-state index contributed by atoms with van der Waals surface area (Å²) >= 11 is 7.34. The van der Waals surface area contributed by atoms with Crippen LogP contribution in [0.5, 0.6) is 0 Å². The Morgan fingerprint density at radius 2 is 2.00 bits per heavy atom. The zero-order valence-electron chi connectivity index (χ0n) is 9.92. The Balaban J connectivity index is 1.71. The zero-order valence-corrected chi connectivity index (χ0v) is 11.5. The van der Waals surface area contributed by atoms with Gasteiger partial charge in [0.1, 0.15) is 10.0 Å². The predicted octanol–water partition coefficient (Wildman–Crippen LogP) is 3.36. The number of rotatable bonds is 5. The van der Waals surface area contributed by atoms with Gasteiger partial charge < -0.3 is 0 Å². The van der Waals surface area contributed by atoms with E-state index in [1.165, 1.54) is 29.9 Å². The third-order valence-corrected chi connectivity index (χ3v) is 4.14. The molecular weight excluding hydrogens is 266 g/mol. The van der Waals surface area contributed by atoms with Crippen LogP contribution in [-0.2, 0) is 13.1 Å². The van der Waals surface area contributed by atoms with Crippen molar-refractivity contribution in [1.82, 2.24) is 14.5 Å². The molecule has 3 nitrogen and oxygen atoms in total. The van der Waals surface area contributed by atoms with Crippen LogP contribution < -0.4 is 0 Å². The summed E-state index contributed by atoms with van der Waals surface area (Å²) in [6, 6.07) is 11.2. The van der Waals surface area contributed by atoms with Crippen molar-refractivity contribution in [2.45, 2.75) is 32.0 Å². The molecule has 1 aromatic carbocycles. The van der Waals surface area contributed by atoms with Gasteiger partial charge in [-0.2, -0.15) is 0 Å². The normalized spacial score (nSPS) is 15.2. The van der Waals surface area contributed by atoms with Crippen molar-refractivity contribution in [2.24, 2.45) is 0 Å². The highest BCUT2D eigenvalue weighted by molar-refractivity contribution is 7.10. The van der Waals surface area contributed by atoms with Crippen molar-refractivity contribution < 1.29 is 0 Å². The lowest BCUT2D eigenvalue weighted by molar-refractivity contribution is 0.243. The van der Waals surface area contributed by atoms with Crippen LogP contribution in [0.4, 0.5) is 0 Å². The molecule has 3 rings (SSSR count). The van der Waals surface area contributed by atoms with Crippen LogP contribution in [0.25, 0.3) is 0 Å². The largest absolute Gasteiger partial charge is 0.290 e. The first-order valence-electron chi connectivity index (χ1n) is 6.07. The van der Waals surface area contributed by atoms with Crippen molar-refractivity contribution in [3.8, 4) is 0 Å². The molecule has 1 aromatic heterocycles. The molecule has 0 N–H and O–H groups in total. The van der Waals surface area contributed by atoms with Crippen LogP contribution in [0.15, 0.2) is 30.3 Å². The Morgan fingerprint density at radius 3 is 2.61 bits per heavy atom. The van der Waals surface area contributed by atoms with E-state index in [1.54, 1.807) is 0 Å². The lowest BCUT2D eigenvalue weighted by atomic mass is 10.2. The third kappa shape index (κ3) is 2.88. The predicted molar refractivity (Wildman–Crippen MR) is 73.6 cm³/mol. The van der Waals surface area contributed by atoms with Crippen molar-refractivity contribution >= 4 is 23.1 Å². The van der Waals surface area contributed by atoms with Gasteiger partial charge in [-0.15, -0.1) is 5.10 Å². The summed E-state index contributed by atoms with van der Waals surface area (Å²) in [5.74, 6) is 0. The Morgan fingerprint density at radius 1 is 1.22 bits per heavy atom. The monoisotopic (exact) mass is 279 g/mol. The molecular formula is C13H14ClN3S. The number of hydrogen-bond donors (Lipinski definition) is 0. The van der Waals surface area contributed by atoms with E-state index in [-0.39, 0.29) is 0 Å². The summed E-state index contributed by atoms with van der Waals surface area (Å²) < 4.78 is 4.61. The molecule has 0 unspecified atom stereocenters. The average molecular weight is 280 g/mol. The second-order valence-electron chi connectivity index (χ2n) is 4.62. The van der Waals surface area contributed by atoms with Crippen molar-refractivity contribution in [3.63, 3.8) is 0 Å². The molecule has 1 heterocycles. The maximum absolute atomic E-state index is 6.08. The third-order valence-electron chi connectivity index (χ3n) is 3.15. The van der Waals surface area contributed by atoms with Gasteiger partial charge in [-0.1, -0.05) is 46.4 Å². The summed E-state index contributed by atoms with van der Waals surface area (Å²) in [4.78, 5) is 2.44. The van der Waals surface area contributed by atoms with Gasteiger partial charge in [0, 0.05) is 30.7 Å². The first-order valence-corrected chi connectivity index (χ1v) is 7.23. The molecule has 2 aromatic rings. The van der Waals surface area contributed by atoms with Gasteiger partial charge in [0.05, 0.1) is 0 Å². The van der Waals surface area contributed by atoms with E-state index in [0.29, 0.717) is 10.4 Å². The van der Waals surface area contributed by atoms with Crippen molar-refractivity contribution in [3.05, 3.63) is 45.9 Å². The Hall–Kier alpha value is -0.970. The van der Waals surface area contributed by atoms with Crippen LogP contribution in [0.3, 0.4) is 0 Å². The molecule has 5 heteroatoms. The molecule has 0 saturated heterocycles. The molecule has 0 spiro atoms. The van der Waals surface area contributed by atoms with Gasteiger partial charge in [-0.05, 0) is 18.4 Å². The molecule has 0 aliphatic heterocycles. The fourth-order valence-corrected chi connectivity index (χ4v) is 2.67. The Kier molecular flexibility index (Phi) is 3.59. The summed E-state index contributed by atoms with van der Waals surface area (Å²) in [7, 11) is 0. The van der Waals surface area contributed by atoms with E-state index in [4.69, 9.17) is 11.6 Å². The Bertz CT molecular complexity index is 510. The van der Waals surface area contributed by atoms with Gasteiger partial charge >= 0.3 is 0 Å². The minimum atomic E-state index is 0.683. The van der Waals surface area contributed by atoms with E-state index >= 15 is 0 Å². The molecule has 1 saturated carbocycles. The number of halogens is 1. The smallest absolute Gasteiger partial charge is 0.138 e. The van der Waals surface area contributed by atoms with Crippen molar-refractivity contribution in [1.29, 1.82) is 0 Å². The highest BCUT2D eigenvalue weighted by Gasteiger charge is 2.29. The topological polar surface area (TPSA) is 29.0 Å². The van der Waals surface area contributed by atoms with E-state index in [0.717, 1.165) is 18.8 Å².